The van der Waals surface area contributed by atoms with Crippen molar-refractivity contribution in [1.82, 2.24) is 4.98 Å². The lowest BCUT2D eigenvalue weighted by Crippen LogP contribution is -2.11. The van der Waals surface area contributed by atoms with Crippen LogP contribution in [0.2, 0.25) is 0 Å². The Labute approximate surface area is 99.1 Å². The van der Waals surface area contributed by atoms with Crippen molar-refractivity contribution in [1.29, 1.82) is 5.41 Å². The van der Waals surface area contributed by atoms with Gasteiger partial charge in [-0.15, -0.1) is 11.8 Å². The van der Waals surface area contributed by atoms with Gasteiger partial charge in [0.15, 0.2) is 0 Å². The molecular formula is C11H15N3OS. The maximum Gasteiger partial charge on any atom is 0.124 e. The molecule has 5 heteroatoms. The van der Waals surface area contributed by atoms with Gasteiger partial charge in [-0.05, 0) is 25.0 Å². The summed E-state index contributed by atoms with van der Waals surface area (Å²) in [5.41, 5.74) is 6.02. The van der Waals surface area contributed by atoms with Crippen LogP contribution in [-0.4, -0.2) is 29.3 Å². The summed E-state index contributed by atoms with van der Waals surface area (Å²) in [6.45, 7) is 0.891. The van der Waals surface area contributed by atoms with E-state index >= 15 is 0 Å². The average Bonchev–Trinajstić information content (AvgIpc) is 2.80. The summed E-state index contributed by atoms with van der Waals surface area (Å²) in [5.74, 6) is 1.01. The summed E-state index contributed by atoms with van der Waals surface area (Å²) in [6, 6.07) is 3.73. The zero-order chi connectivity index (χ0) is 11.4. The number of nitrogen functional groups attached to an aromatic ring is 1. The molecule has 3 N–H and O–H groups in total. The van der Waals surface area contributed by atoms with Crippen molar-refractivity contribution in [2.75, 3.05) is 12.4 Å². The van der Waals surface area contributed by atoms with E-state index in [0.29, 0.717) is 11.7 Å². The van der Waals surface area contributed by atoms with Crippen LogP contribution in [0.3, 0.4) is 0 Å². The molecule has 86 valence electrons. The summed E-state index contributed by atoms with van der Waals surface area (Å²) < 4.78 is 5.53. The summed E-state index contributed by atoms with van der Waals surface area (Å²) in [7, 11) is 0. The predicted octanol–water partition coefficient (Wildman–Crippen LogP) is 1.64. The number of hydrogen-bond acceptors (Lipinski definition) is 4. The number of hydrogen-bond donors (Lipinski definition) is 2. The van der Waals surface area contributed by atoms with Crippen molar-refractivity contribution in [3.8, 4) is 0 Å². The van der Waals surface area contributed by atoms with Crippen molar-refractivity contribution in [2.24, 2.45) is 5.73 Å². The van der Waals surface area contributed by atoms with E-state index in [2.05, 4.69) is 4.98 Å². The van der Waals surface area contributed by atoms with Gasteiger partial charge in [0, 0.05) is 24.1 Å². The second kappa shape index (κ2) is 5.32. The molecule has 16 heavy (non-hydrogen) atoms. The molecular weight excluding hydrogens is 222 g/mol. The molecule has 1 aliphatic heterocycles. The second-order valence-corrected chi connectivity index (χ2v) is 4.79. The molecule has 1 unspecified atom stereocenters. The van der Waals surface area contributed by atoms with Gasteiger partial charge < -0.3 is 10.5 Å². The molecule has 1 aromatic rings. The molecule has 1 aliphatic rings. The number of pyridine rings is 1. The molecule has 1 aromatic heterocycles. The molecule has 0 spiro atoms. The number of nitrogens with one attached hydrogen (secondary N) is 1. The van der Waals surface area contributed by atoms with E-state index in [1.54, 1.807) is 18.0 Å². The van der Waals surface area contributed by atoms with E-state index in [1.165, 1.54) is 6.42 Å². The number of nitrogens with two attached hydrogens (primary N) is 1. The highest BCUT2D eigenvalue weighted by atomic mass is 32.2. The van der Waals surface area contributed by atoms with Crippen LogP contribution in [0, 0.1) is 5.41 Å². The number of rotatable bonds is 4. The van der Waals surface area contributed by atoms with Gasteiger partial charge in [0.05, 0.1) is 11.1 Å². The summed E-state index contributed by atoms with van der Waals surface area (Å²) in [6.07, 6.45) is 4.33. The van der Waals surface area contributed by atoms with Crippen molar-refractivity contribution >= 4 is 17.6 Å². The van der Waals surface area contributed by atoms with Crippen LogP contribution >= 0.6 is 11.8 Å². The maximum atomic E-state index is 7.25. The van der Waals surface area contributed by atoms with E-state index < -0.39 is 0 Å². The van der Waals surface area contributed by atoms with E-state index in [4.69, 9.17) is 15.9 Å². The molecule has 2 rings (SSSR count). The van der Waals surface area contributed by atoms with E-state index in [9.17, 15) is 0 Å². The molecule has 4 nitrogen and oxygen atoms in total. The van der Waals surface area contributed by atoms with Crippen LogP contribution in [0.15, 0.2) is 23.4 Å². The normalized spacial score (nSPS) is 19.9. The highest BCUT2D eigenvalue weighted by molar-refractivity contribution is 7.99. The van der Waals surface area contributed by atoms with Crippen LogP contribution in [0.25, 0.3) is 0 Å². The minimum Gasteiger partial charge on any atom is -0.384 e. The standard InChI is InChI=1S/C11H15N3OS/c12-11(13)8-3-4-10(14-6-8)16-7-9-2-1-5-15-9/h3-4,6,9H,1-2,5,7H2,(H3,12,13). The van der Waals surface area contributed by atoms with Crippen molar-refractivity contribution < 1.29 is 4.74 Å². The van der Waals surface area contributed by atoms with Crippen LogP contribution in [0.5, 0.6) is 0 Å². The van der Waals surface area contributed by atoms with Gasteiger partial charge in [-0.3, -0.25) is 5.41 Å². The molecule has 2 heterocycles. The van der Waals surface area contributed by atoms with Crippen LogP contribution in [0.4, 0.5) is 0 Å². The fourth-order valence-corrected chi connectivity index (χ4v) is 2.49. The smallest absolute Gasteiger partial charge is 0.124 e. The molecule has 0 radical (unpaired) electrons. The Bertz CT molecular complexity index is 360. The Hall–Kier alpha value is -1.07. The minimum atomic E-state index is 0.0585. The number of ether oxygens (including phenoxy) is 1. The number of aromatic nitrogens is 1. The first-order valence-corrected chi connectivity index (χ1v) is 6.29. The average molecular weight is 237 g/mol. The van der Waals surface area contributed by atoms with Gasteiger partial charge in [-0.2, -0.15) is 0 Å². The van der Waals surface area contributed by atoms with E-state index in [0.717, 1.165) is 23.8 Å². The van der Waals surface area contributed by atoms with Crippen molar-refractivity contribution in [3.05, 3.63) is 23.9 Å². The monoisotopic (exact) mass is 237 g/mol. The van der Waals surface area contributed by atoms with Gasteiger partial charge in [0.2, 0.25) is 0 Å². The number of amidine groups is 1. The van der Waals surface area contributed by atoms with Gasteiger partial charge in [0.25, 0.3) is 0 Å². The lowest BCUT2D eigenvalue weighted by molar-refractivity contribution is 0.129. The molecule has 0 bridgehead atoms. The Morgan fingerprint density at radius 2 is 2.50 bits per heavy atom. The Morgan fingerprint density at radius 1 is 1.62 bits per heavy atom. The molecule has 0 amide bonds. The highest BCUT2D eigenvalue weighted by Gasteiger charge is 2.15. The fourth-order valence-electron chi connectivity index (χ4n) is 1.58. The minimum absolute atomic E-state index is 0.0585. The molecule has 1 saturated heterocycles. The van der Waals surface area contributed by atoms with Crippen molar-refractivity contribution in [2.45, 2.75) is 24.0 Å². The second-order valence-electron chi connectivity index (χ2n) is 3.74. The first-order valence-electron chi connectivity index (χ1n) is 5.30. The van der Waals surface area contributed by atoms with Gasteiger partial charge >= 0.3 is 0 Å². The maximum absolute atomic E-state index is 7.25. The number of thioether (sulfide) groups is 1. The third kappa shape index (κ3) is 2.96. The Kier molecular flexibility index (Phi) is 3.79. The lowest BCUT2D eigenvalue weighted by atomic mass is 10.3. The quantitative estimate of drug-likeness (QED) is 0.474. The molecule has 0 saturated carbocycles. The van der Waals surface area contributed by atoms with Gasteiger partial charge in [0.1, 0.15) is 5.84 Å². The summed E-state index contributed by atoms with van der Waals surface area (Å²) >= 11 is 1.69. The predicted molar refractivity (Wildman–Crippen MR) is 65.0 cm³/mol. The molecule has 1 atom stereocenters. The van der Waals surface area contributed by atoms with Crippen LogP contribution in [0.1, 0.15) is 18.4 Å². The largest absolute Gasteiger partial charge is 0.384 e. The Balaban J connectivity index is 1.87. The topological polar surface area (TPSA) is 72.0 Å². The lowest BCUT2D eigenvalue weighted by Gasteiger charge is -2.08. The third-order valence-corrected chi connectivity index (χ3v) is 3.56. The van der Waals surface area contributed by atoms with E-state index in [-0.39, 0.29) is 5.84 Å². The molecule has 0 aliphatic carbocycles. The SMILES string of the molecule is N=C(N)c1ccc(SCC2CCCO2)nc1. The van der Waals surface area contributed by atoms with Crippen molar-refractivity contribution in [3.63, 3.8) is 0 Å². The van der Waals surface area contributed by atoms with Crippen LogP contribution < -0.4 is 5.73 Å². The van der Waals surface area contributed by atoms with Gasteiger partial charge in [-0.25, -0.2) is 4.98 Å². The Morgan fingerprint density at radius 3 is 3.06 bits per heavy atom. The highest BCUT2D eigenvalue weighted by Crippen LogP contribution is 2.22. The first-order chi connectivity index (χ1) is 7.75. The third-order valence-electron chi connectivity index (χ3n) is 2.49. The molecule has 1 fully saturated rings. The first kappa shape index (κ1) is 11.4. The van der Waals surface area contributed by atoms with E-state index in [1.807, 2.05) is 12.1 Å². The van der Waals surface area contributed by atoms with Gasteiger partial charge in [-0.1, -0.05) is 0 Å². The fraction of sp³-hybridized carbons (Fsp3) is 0.455. The zero-order valence-electron chi connectivity index (χ0n) is 8.98. The summed E-state index contributed by atoms with van der Waals surface area (Å²) in [5, 5.41) is 8.21. The number of nitrogens with zero attached hydrogens (tertiary/aromatic N) is 1. The van der Waals surface area contributed by atoms with Crippen LogP contribution in [-0.2, 0) is 4.74 Å². The summed E-state index contributed by atoms with van der Waals surface area (Å²) in [4.78, 5) is 4.25. The zero-order valence-corrected chi connectivity index (χ0v) is 9.80. The molecule has 0 aromatic carbocycles.